The molecule has 1 aromatic carbocycles. The van der Waals surface area contributed by atoms with E-state index in [1.165, 1.54) is 0 Å². The van der Waals surface area contributed by atoms with Crippen LogP contribution in [0.15, 0.2) is 30.3 Å². The summed E-state index contributed by atoms with van der Waals surface area (Å²) >= 11 is 0. The van der Waals surface area contributed by atoms with Crippen LogP contribution in [0.25, 0.3) is 10.9 Å². The fraction of sp³-hybridized carbons (Fsp3) is 0.412. The Labute approximate surface area is 124 Å². The van der Waals surface area contributed by atoms with Gasteiger partial charge in [-0.15, -0.1) is 0 Å². The molecule has 1 aliphatic heterocycles. The molecule has 1 saturated heterocycles. The third-order valence-corrected chi connectivity index (χ3v) is 4.21. The van der Waals surface area contributed by atoms with Gasteiger partial charge in [0.15, 0.2) is 0 Å². The zero-order valence-electron chi connectivity index (χ0n) is 12.2. The van der Waals surface area contributed by atoms with Gasteiger partial charge in [-0.2, -0.15) is 5.26 Å². The third kappa shape index (κ3) is 2.84. The Kier molecular flexibility index (Phi) is 3.52. The van der Waals surface area contributed by atoms with Crippen LogP contribution >= 0.6 is 0 Å². The molecule has 0 spiro atoms. The van der Waals surface area contributed by atoms with Crippen molar-refractivity contribution in [3.05, 3.63) is 35.9 Å². The predicted molar refractivity (Wildman–Crippen MR) is 83.1 cm³/mol. The van der Waals surface area contributed by atoms with Crippen molar-refractivity contribution in [3.8, 4) is 6.07 Å². The van der Waals surface area contributed by atoms with Crippen molar-refractivity contribution in [3.63, 3.8) is 0 Å². The number of benzene rings is 1. The highest BCUT2D eigenvalue weighted by Crippen LogP contribution is 2.27. The normalized spacial score (nSPS) is 22.8. The lowest BCUT2D eigenvalue weighted by Gasteiger charge is -2.23. The Bertz CT molecular complexity index is 703. The van der Waals surface area contributed by atoms with Crippen LogP contribution in [-0.2, 0) is 0 Å². The summed E-state index contributed by atoms with van der Waals surface area (Å²) < 4.78 is 0. The first-order chi connectivity index (χ1) is 10.1. The van der Waals surface area contributed by atoms with E-state index >= 15 is 0 Å². The molecule has 1 atom stereocenters. The minimum absolute atomic E-state index is 0.594. The van der Waals surface area contributed by atoms with E-state index in [0.717, 1.165) is 49.1 Å². The van der Waals surface area contributed by atoms with Gasteiger partial charge < -0.3 is 10.0 Å². The van der Waals surface area contributed by atoms with Gasteiger partial charge >= 0.3 is 0 Å². The second-order valence-corrected chi connectivity index (χ2v) is 5.99. The number of rotatable bonds is 1. The van der Waals surface area contributed by atoms with E-state index in [-0.39, 0.29) is 0 Å². The van der Waals surface area contributed by atoms with Gasteiger partial charge in [-0.3, -0.25) is 0 Å². The summed E-state index contributed by atoms with van der Waals surface area (Å²) in [6.07, 6.45) is 2.47. The maximum absolute atomic E-state index is 10.2. The van der Waals surface area contributed by atoms with Crippen LogP contribution < -0.4 is 4.90 Å². The molecule has 2 heterocycles. The van der Waals surface area contributed by atoms with Crippen molar-refractivity contribution in [1.29, 1.82) is 5.26 Å². The van der Waals surface area contributed by atoms with Gasteiger partial charge in [0.05, 0.1) is 22.8 Å². The van der Waals surface area contributed by atoms with Crippen molar-refractivity contribution in [1.82, 2.24) is 4.98 Å². The Morgan fingerprint density at radius 2 is 2.10 bits per heavy atom. The number of nitriles is 1. The highest BCUT2D eigenvalue weighted by molar-refractivity contribution is 5.86. The first-order valence-electron chi connectivity index (χ1n) is 7.36. The number of hydrogen-bond donors (Lipinski definition) is 1. The topological polar surface area (TPSA) is 60.1 Å². The maximum atomic E-state index is 10.2. The largest absolute Gasteiger partial charge is 0.390 e. The van der Waals surface area contributed by atoms with Gasteiger partial charge in [0.25, 0.3) is 0 Å². The van der Waals surface area contributed by atoms with E-state index in [4.69, 9.17) is 4.98 Å². The van der Waals surface area contributed by atoms with Gasteiger partial charge in [0.2, 0.25) is 0 Å². The smallest absolute Gasteiger partial charge is 0.130 e. The molecule has 1 fully saturated rings. The SMILES string of the molecule is CC1(O)CCCN(c2cc(C#N)c3ccccc3n2)CC1. The lowest BCUT2D eigenvalue weighted by atomic mass is 9.98. The number of pyridine rings is 1. The molecule has 0 radical (unpaired) electrons. The molecule has 0 amide bonds. The summed E-state index contributed by atoms with van der Waals surface area (Å²) in [5.74, 6) is 0.836. The second kappa shape index (κ2) is 5.34. The van der Waals surface area contributed by atoms with Crippen molar-refractivity contribution < 1.29 is 5.11 Å². The molecule has 2 aromatic rings. The summed E-state index contributed by atoms with van der Waals surface area (Å²) in [6, 6.07) is 11.9. The summed E-state index contributed by atoms with van der Waals surface area (Å²) in [5.41, 5.74) is 0.915. The first-order valence-corrected chi connectivity index (χ1v) is 7.36. The van der Waals surface area contributed by atoms with E-state index in [1.807, 2.05) is 37.3 Å². The van der Waals surface area contributed by atoms with Crippen LogP contribution in [0, 0.1) is 11.3 Å². The Morgan fingerprint density at radius 3 is 2.90 bits per heavy atom. The summed E-state index contributed by atoms with van der Waals surface area (Å²) in [6.45, 7) is 3.53. The van der Waals surface area contributed by atoms with E-state index in [1.54, 1.807) is 0 Å². The number of fused-ring (bicyclic) bond motifs is 1. The van der Waals surface area contributed by atoms with Crippen LogP contribution in [0.2, 0.25) is 0 Å². The summed E-state index contributed by atoms with van der Waals surface area (Å²) in [4.78, 5) is 6.87. The van der Waals surface area contributed by atoms with Crippen molar-refractivity contribution in [2.45, 2.75) is 31.8 Å². The van der Waals surface area contributed by atoms with Crippen LogP contribution in [0.5, 0.6) is 0 Å². The highest BCUT2D eigenvalue weighted by Gasteiger charge is 2.25. The second-order valence-electron chi connectivity index (χ2n) is 5.99. The van der Waals surface area contributed by atoms with Gasteiger partial charge in [0.1, 0.15) is 5.82 Å². The quantitative estimate of drug-likeness (QED) is 0.873. The lowest BCUT2D eigenvalue weighted by molar-refractivity contribution is 0.0481. The molecule has 0 saturated carbocycles. The fourth-order valence-electron chi connectivity index (χ4n) is 2.91. The molecule has 108 valence electrons. The molecule has 0 bridgehead atoms. The average Bonchev–Trinajstić information content (AvgIpc) is 2.67. The van der Waals surface area contributed by atoms with Crippen molar-refractivity contribution >= 4 is 16.7 Å². The number of nitrogens with zero attached hydrogens (tertiary/aromatic N) is 3. The van der Waals surface area contributed by atoms with E-state index in [9.17, 15) is 10.4 Å². The number of hydrogen-bond acceptors (Lipinski definition) is 4. The van der Waals surface area contributed by atoms with Crippen LogP contribution in [0.1, 0.15) is 31.7 Å². The van der Waals surface area contributed by atoms with Crippen LogP contribution in [0.3, 0.4) is 0 Å². The molecule has 4 heteroatoms. The van der Waals surface area contributed by atoms with Crippen LogP contribution in [0.4, 0.5) is 5.82 Å². The van der Waals surface area contributed by atoms with E-state index < -0.39 is 5.60 Å². The number of anilines is 1. The monoisotopic (exact) mass is 281 g/mol. The van der Waals surface area contributed by atoms with Crippen LogP contribution in [-0.4, -0.2) is 28.8 Å². The fourth-order valence-corrected chi connectivity index (χ4v) is 2.91. The molecule has 0 aliphatic carbocycles. The minimum atomic E-state index is -0.594. The van der Waals surface area contributed by atoms with Gasteiger partial charge in [-0.25, -0.2) is 4.98 Å². The van der Waals surface area contributed by atoms with E-state index in [2.05, 4.69) is 11.0 Å². The molecule has 1 aromatic heterocycles. The highest BCUT2D eigenvalue weighted by atomic mass is 16.3. The molecule has 1 aliphatic rings. The number of aliphatic hydroxyl groups is 1. The molecule has 1 unspecified atom stereocenters. The first kappa shape index (κ1) is 13.8. The Balaban J connectivity index is 1.99. The summed E-state index contributed by atoms with van der Waals surface area (Å²) in [5, 5.41) is 20.4. The Hall–Kier alpha value is -2.12. The number of aromatic nitrogens is 1. The average molecular weight is 281 g/mol. The molecule has 4 nitrogen and oxygen atoms in total. The Morgan fingerprint density at radius 1 is 1.29 bits per heavy atom. The zero-order chi connectivity index (χ0) is 14.9. The van der Waals surface area contributed by atoms with E-state index in [0.29, 0.717) is 5.56 Å². The summed E-state index contributed by atoms with van der Waals surface area (Å²) in [7, 11) is 0. The standard InChI is InChI=1S/C17H19N3O/c1-17(21)7-4-9-20(10-8-17)16-11-13(12-18)14-5-2-3-6-15(14)19-16/h2-3,5-6,11,21H,4,7-10H2,1H3. The van der Waals surface area contributed by atoms with Crippen molar-refractivity contribution in [2.75, 3.05) is 18.0 Å². The minimum Gasteiger partial charge on any atom is -0.390 e. The van der Waals surface area contributed by atoms with Crippen molar-refractivity contribution in [2.24, 2.45) is 0 Å². The maximum Gasteiger partial charge on any atom is 0.130 e. The van der Waals surface area contributed by atoms with Gasteiger partial charge in [0, 0.05) is 18.5 Å². The van der Waals surface area contributed by atoms with Gasteiger partial charge in [-0.1, -0.05) is 18.2 Å². The zero-order valence-corrected chi connectivity index (χ0v) is 12.2. The molecule has 1 N–H and O–H groups in total. The molecular formula is C17H19N3O. The van der Waals surface area contributed by atoms with Gasteiger partial charge in [-0.05, 0) is 38.3 Å². The molecule has 3 rings (SSSR count). The predicted octanol–water partition coefficient (Wildman–Crippen LogP) is 2.85. The number of para-hydroxylation sites is 1. The lowest BCUT2D eigenvalue weighted by Crippen LogP contribution is -2.28. The molecule has 21 heavy (non-hydrogen) atoms. The third-order valence-electron chi connectivity index (χ3n) is 4.21. The molecular weight excluding hydrogens is 262 g/mol.